The van der Waals surface area contributed by atoms with Gasteiger partial charge in [0.15, 0.2) is 0 Å². The van der Waals surface area contributed by atoms with Crippen molar-refractivity contribution in [1.82, 2.24) is 14.9 Å². The van der Waals surface area contributed by atoms with Gasteiger partial charge in [-0.2, -0.15) is 0 Å². The molecule has 0 bridgehead atoms. The fourth-order valence-electron chi connectivity index (χ4n) is 2.10. The van der Waals surface area contributed by atoms with Gasteiger partial charge in [0, 0.05) is 42.9 Å². The van der Waals surface area contributed by atoms with Crippen LogP contribution in [0.3, 0.4) is 0 Å². The molecule has 0 spiro atoms. The van der Waals surface area contributed by atoms with Gasteiger partial charge in [0.1, 0.15) is 0 Å². The number of carbonyl (C=O) groups excluding carboxylic acids is 1. The molecule has 4 nitrogen and oxygen atoms in total. The zero-order valence-electron chi connectivity index (χ0n) is 10.6. The minimum absolute atomic E-state index is 0.0849. The summed E-state index contributed by atoms with van der Waals surface area (Å²) < 4.78 is 0. The number of aromatic nitrogens is 2. The minimum Gasteiger partial charge on any atom is -0.331 e. The van der Waals surface area contributed by atoms with Crippen LogP contribution in [0.4, 0.5) is 0 Å². The van der Waals surface area contributed by atoms with Crippen LogP contribution in [0.2, 0.25) is 0 Å². The molecule has 4 heteroatoms. The summed E-state index contributed by atoms with van der Waals surface area (Å²) in [6.45, 7) is 0.647. The van der Waals surface area contributed by atoms with Crippen LogP contribution in [0.25, 0.3) is 0 Å². The van der Waals surface area contributed by atoms with Gasteiger partial charge in [-0.3, -0.25) is 14.8 Å². The predicted molar refractivity (Wildman–Crippen MR) is 71.4 cm³/mol. The van der Waals surface area contributed by atoms with E-state index in [4.69, 9.17) is 0 Å². The summed E-state index contributed by atoms with van der Waals surface area (Å²) >= 11 is 0. The molecule has 1 fully saturated rings. The van der Waals surface area contributed by atoms with Gasteiger partial charge in [0.05, 0.1) is 0 Å². The lowest BCUT2D eigenvalue weighted by molar-refractivity contribution is 0.0730. The lowest BCUT2D eigenvalue weighted by Crippen LogP contribution is -2.32. The van der Waals surface area contributed by atoms with Gasteiger partial charge in [-0.05, 0) is 42.7 Å². The third-order valence-corrected chi connectivity index (χ3v) is 3.28. The van der Waals surface area contributed by atoms with E-state index in [-0.39, 0.29) is 5.91 Å². The highest BCUT2D eigenvalue weighted by Gasteiger charge is 2.32. The summed E-state index contributed by atoms with van der Waals surface area (Å²) in [6, 6.07) is 7.83. The first-order chi connectivity index (χ1) is 9.34. The van der Waals surface area contributed by atoms with Crippen LogP contribution < -0.4 is 0 Å². The van der Waals surface area contributed by atoms with Crippen LogP contribution >= 0.6 is 0 Å². The minimum atomic E-state index is 0.0849. The van der Waals surface area contributed by atoms with Crippen molar-refractivity contribution in [2.24, 2.45) is 0 Å². The molecule has 0 unspecified atom stereocenters. The Kier molecular flexibility index (Phi) is 3.23. The molecule has 1 aliphatic carbocycles. The quantitative estimate of drug-likeness (QED) is 0.839. The molecule has 1 saturated carbocycles. The summed E-state index contributed by atoms with van der Waals surface area (Å²) in [5.74, 6) is 0.0849. The van der Waals surface area contributed by atoms with Crippen LogP contribution in [-0.4, -0.2) is 26.8 Å². The van der Waals surface area contributed by atoms with E-state index in [1.807, 2.05) is 17.0 Å². The third-order valence-electron chi connectivity index (χ3n) is 3.28. The summed E-state index contributed by atoms with van der Waals surface area (Å²) in [5, 5.41) is 0. The molecule has 2 aromatic rings. The van der Waals surface area contributed by atoms with Gasteiger partial charge in [-0.25, -0.2) is 0 Å². The van der Waals surface area contributed by atoms with Gasteiger partial charge in [-0.1, -0.05) is 0 Å². The fraction of sp³-hybridized carbons (Fsp3) is 0.267. The van der Waals surface area contributed by atoms with Crippen molar-refractivity contribution in [3.05, 3.63) is 60.2 Å². The molecule has 96 valence electrons. The Morgan fingerprint density at radius 3 is 2.21 bits per heavy atom. The lowest BCUT2D eigenvalue weighted by Gasteiger charge is -2.22. The second-order valence-corrected chi connectivity index (χ2v) is 4.76. The zero-order valence-corrected chi connectivity index (χ0v) is 10.6. The highest BCUT2D eigenvalue weighted by atomic mass is 16.2. The highest BCUT2D eigenvalue weighted by Crippen LogP contribution is 2.29. The van der Waals surface area contributed by atoms with Crippen LogP contribution in [-0.2, 0) is 6.54 Å². The van der Waals surface area contributed by atoms with E-state index < -0.39 is 0 Å². The van der Waals surface area contributed by atoms with Crippen molar-refractivity contribution in [2.75, 3.05) is 0 Å². The number of hydrogen-bond acceptors (Lipinski definition) is 3. The summed E-state index contributed by atoms with van der Waals surface area (Å²) in [6.07, 6.45) is 9.04. The molecule has 2 heterocycles. The Labute approximate surface area is 112 Å². The molecule has 0 atom stereocenters. The first-order valence-electron chi connectivity index (χ1n) is 6.44. The van der Waals surface area contributed by atoms with E-state index in [0.29, 0.717) is 18.2 Å². The van der Waals surface area contributed by atoms with E-state index in [1.54, 1.807) is 36.9 Å². The Morgan fingerprint density at radius 2 is 1.63 bits per heavy atom. The maximum atomic E-state index is 12.5. The Hall–Kier alpha value is -2.23. The molecular weight excluding hydrogens is 238 g/mol. The lowest BCUT2D eigenvalue weighted by atomic mass is 10.2. The molecular formula is C15H15N3O. The maximum absolute atomic E-state index is 12.5. The van der Waals surface area contributed by atoms with Crippen molar-refractivity contribution in [3.63, 3.8) is 0 Å². The van der Waals surface area contributed by atoms with E-state index in [2.05, 4.69) is 9.97 Å². The molecule has 0 saturated heterocycles. The van der Waals surface area contributed by atoms with Gasteiger partial charge in [0.25, 0.3) is 5.91 Å². The summed E-state index contributed by atoms with van der Waals surface area (Å²) in [5.41, 5.74) is 1.82. The highest BCUT2D eigenvalue weighted by molar-refractivity contribution is 5.94. The van der Waals surface area contributed by atoms with Gasteiger partial charge in [-0.15, -0.1) is 0 Å². The Bertz CT molecular complexity index is 552. The molecule has 2 aromatic heterocycles. The number of carbonyl (C=O) groups is 1. The van der Waals surface area contributed by atoms with Crippen molar-refractivity contribution < 1.29 is 4.79 Å². The monoisotopic (exact) mass is 253 g/mol. The molecule has 1 aliphatic rings. The van der Waals surface area contributed by atoms with Crippen LogP contribution in [0, 0.1) is 0 Å². The zero-order chi connectivity index (χ0) is 13.1. The SMILES string of the molecule is O=C(c1ccncc1)N(Cc1ccncc1)C1CC1. The van der Waals surface area contributed by atoms with Crippen LogP contribution in [0.5, 0.6) is 0 Å². The summed E-state index contributed by atoms with van der Waals surface area (Å²) in [7, 11) is 0. The molecule has 1 amide bonds. The molecule has 0 aromatic carbocycles. The van der Waals surface area contributed by atoms with Crippen LogP contribution in [0.15, 0.2) is 49.1 Å². The second kappa shape index (κ2) is 5.18. The molecule has 19 heavy (non-hydrogen) atoms. The summed E-state index contributed by atoms with van der Waals surface area (Å²) in [4.78, 5) is 22.4. The third kappa shape index (κ3) is 2.78. The molecule has 0 aliphatic heterocycles. The number of nitrogens with zero attached hydrogens (tertiary/aromatic N) is 3. The Balaban J connectivity index is 1.80. The number of hydrogen-bond donors (Lipinski definition) is 0. The maximum Gasteiger partial charge on any atom is 0.254 e. The number of amides is 1. The van der Waals surface area contributed by atoms with Crippen molar-refractivity contribution in [2.45, 2.75) is 25.4 Å². The average Bonchev–Trinajstić information content (AvgIpc) is 3.31. The molecule has 3 rings (SSSR count). The van der Waals surface area contributed by atoms with Crippen LogP contribution in [0.1, 0.15) is 28.8 Å². The smallest absolute Gasteiger partial charge is 0.254 e. The molecule has 0 radical (unpaired) electrons. The number of pyridine rings is 2. The van der Waals surface area contributed by atoms with E-state index in [1.165, 1.54) is 0 Å². The first-order valence-corrected chi connectivity index (χ1v) is 6.44. The van der Waals surface area contributed by atoms with Crippen molar-refractivity contribution in [3.8, 4) is 0 Å². The van der Waals surface area contributed by atoms with Gasteiger partial charge < -0.3 is 4.90 Å². The predicted octanol–water partition coefficient (Wildman–Crippen LogP) is 2.28. The van der Waals surface area contributed by atoms with E-state index in [9.17, 15) is 4.79 Å². The second-order valence-electron chi connectivity index (χ2n) is 4.76. The van der Waals surface area contributed by atoms with Gasteiger partial charge in [0.2, 0.25) is 0 Å². The van der Waals surface area contributed by atoms with E-state index >= 15 is 0 Å². The average molecular weight is 253 g/mol. The van der Waals surface area contributed by atoms with E-state index in [0.717, 1.165) is 18.4 Å². The molecule has 0 N–H and O–H groups in total. The number of rotatable bonds is 4. The first kappa shape index (κ1) is 11.8. The van der Waals surface area contributed by atoms with Gasteiger partial charge >= 0.3 is 0 Å². The van der Waals surface area contributed by atoms with Crippen molar-refractivity contribution in [1.29, 1.82) is 0 Å². The topological polar surface area (TPSA) is 46.1 Å². The Morgan fingerprint density at radius 1 is 1.05 bits per heavy atom. The standard InChI is InChI=1S/C15H15N3O/c19-15(13-5-9-17-10-6-13)18(14-1-2-14)11-12-3-7-16-8-4-12/h3-10,14H,1-2,11H2. The normalized spacial score (nSPS) is 14.1. The van der Waals surface area contributed by atoms with Crippen molar-refractivity contribution >= 4 is 5.91 Å². The fourth-order valence-corrected chi connectivity index (χ4v) is 2.10. The largest absolute Gasteiger partial charge is 0.331 e.